The molecule has 0 bridgehead atoms. The number of rotatable bonds is 3. The first-order valence-corrected chi connectivity index (χ1v) is 11.7. The van der Waals surface area contributed by atoms with E-state index in [1.165, 1.54) is 19.9 Å². The molecule has 6 nitrogen and oxygen atoms in total. The minimum Gasteiger partial charge on any atom is -0.386 e. The van der Waals surface area contributed by atoms with Gasteiger partial charge in [0.05, 0.1) is 17.0 Å². The second kappa shape index (κ2) is 7.09. The average molecular weight is 441 g/mol. The van der Waals surface area contributed by atoms with Crippen LogP contribution in [0.1, 0.15) is 43.2 Å². The van der Waals surface area contributed by atoms with Gasteiger partial charge in [-0.2, -0.15) is 0 Å². The van der Waals surface area contributed by atoms with Gasteiger partial charge in [-0.05, 0) is 57.0 Å². The van der Waals surface area contributed by atoms with Crippen molar-refractivity contribution in [2.24, 2.45) is 10.7 Å². The molecule has 3 aromatic rings. The number of halogens is 1. The van der Waals surface area contributed by atoms with E-state index in [0.717, 1.165) is 27.7 Å². The largest absolute Gasteiger partial charge is 0.386 e. The molecular formula is C23H25FN4O2S. The van der Waals surface area contributed by atoms with Gasteiger partial charge in [-0.3, -0.25) is 15.0 Å². The van der Waals surface area contributed by atoms with Crippen LogP contribution in [0.15, 0.2) is 47.7 Å². The lowest BCUT2D eigenvalue weighted by atomic mass is 9.91. The Balaban J connectivity index is 1.78. The van der Waals surface area contributed by atoms with Crippen LogP contribution in [0.3, 0.4) is 0 Å². The van der Waals surface area contributed by atoms with Crippen molar-refractivity contribution in [2.75, 3.05) is 5.75 Å². The quantitative estimate of drug-likeness (QED) is 0.673. The Hall–Kier alpha value is -2.87. The molecule has 0 saturated carbocycles. The molecule has 1 atom stereocenters. The number of nitrogens with zero attached hydrogens (tertiary/aromatic N) is 3. The van der Waals surface area contributed by atoms with Gasteiger partial charge in [0.2, 0.25) is 0 Å². The molecule has 0 unspecified atom stereocenters. The van der Waals surface area contributed by atoms with Gasteiger partial charge in [0.25, 0.3) is 0 Å². The molecule has 4 rings (SSSR count). The summed E-state index contributed by atoms with van der Waals surface area (Å²) in [6.07, 6.45) is 3.94. The van der Waals surface area contributed by atoms with Crippen LogP contribution in [0, 0.1) is 12.7 Å². The molecule has 1 aromatic carbocycles. The Bertz CT molecular complexity index is 1330. The zero-order valence-corrected chi connectivity index (χ0v) is 18.8. The molecule has 2 N–H and O–H groups in total. The lowest BCUT2D eigenvalue weighted by Gasteiger charge is -2.38. The second-order valence-electron chi connectivity index (χ2n) is 8.87. The predicted octanol–water partition coefficient (Wildman–Crippen LogP) is 3.45. The third kappa shape index (κ3) is 3.59. The fourth-order valence-electron chi connectivity index (χ4n) is 3.93. The zero-order valence-electron chi connectivity index (χ0n) is 18.0. The fraction of sp³-hybridized carbons (Fsp3) is 0.348. The standard InChI is InChI=1S/C23H25FN4O2S/c1-14-9-16-7-8-26-19(20(16)27-12-14)11-15-5-6-18(24)17(10-15)23(4)13-31(29,30)22(2,3)21(25)28-23/h5-10,12H,11,13H2,1-4H3,(H2,25,28)/t23-/m0/s1. The van der Waals surface area contributed by atoms with Gasteiger partial charge in [0.1, 0.15) is 21.9 Å². The lowest BCUT2D eigenvalue weighted by molar-refractivity contribution is 0.475. The summed E-state index contributed by atoms with van der Waals surface area (Å²) in [5.74, 6) is -0.847. The molecule has 0 radical (unpaired) electrons. The first kappa shape index (κ1) is 21.4. The van der Waals surface area contributed by atoms with Gasteiger partial charge < -0.3 is 5.73 Å². The topological polar surface area (TPSA) is 98.3 Å². The third-order valence-electron chi connectivity index (χ3n) is 6.03. The van der Waals surface area contributed by atoms with Crippen LogP contribution in [0.25, 0.3) is 10.9 Å². The molecule has 162 valence electrons. The molecule has 0 amide bonds. The normalized spacial score (nSPS) is 22.3. The molecule has 0 aliphatic carbocycles. The van der Waals surface area contributed by atoms with Crippen LogP contribution in [-0.2, 0) is 21.8 Å². The van der Waals surface area contributed by atoms with Gasteiger partial charge in [-0.1, -0.05) is 12.1 Å². The minimum atomic E-state index is -3.63. The highest BCUT2D eigenvalue weighted by molar-refractivity contribution is 7.93. The SMILES string of the molecule is Cc1cnc2c(Cc3ccc(F)c([C@]4(C)CS(=O)(=O)C(C)(C)C(N)=N4)c3)nccc2c1. The monoisotopic (exact) mass is 440 g/mol. The molecule has 8 heteroatoms. The van der Waals surface area contributed by atoms with E-state index in [1.54, 1.807) is 31.5 Å². The Kier molecular flexibility index (Phi) is 4.88. The first-order valence-electron chi connectivity index (χ1n) is 10.0. The number of aromatic nitrogens is 2. The van der Waals surface area contributed by atoms with Gasteiger partial charge in [0.15, 0.2) is 9.84 Å². The van der Waals surface area contributed by atoms with Crippen LogP contribution < -0.4 is 5.73 Å². The van der Waals surface area contributed by atoms with Gasteiger partial charge in [-0.15, -0.1) is 0 Å². The summed E-state index contributed by atoms with van der Waals surface area (Å²) in [5.41, 5.74) is 8.31. The summed E-state index contributed by atoms with van der Waals surface area (Å²) in [4.78, 5) is 13.4. The molecule has 0 saturated heterocycles. The number of fused-ring (bicyclic) bond motifs is 1. The van der Waals surface area contributed by atoms with E-state index in [9.17, 15) is 12.8 Å². The van der Waals surface area contributed by atoms with Crippen LogP contribution >= 0.6 is 0 Å². The molecule has 0 fully saturated rings. The zero-order chi connectivity index (χ0) is 22.6. The first-order chi connectivity index (χ1) is 14.4. The summed E-state index contributed by atoms with van der Waals surface area (Å²) in [6.45, 7) is 6.63. The van der Waals surface area contributed by atoms with E-state index in [-0.39, 0.29) is 17.2 Å². The van der Waals surface area contributed by atoms with Crippen molar-refractivity contribution in [2.45, 2.75) is 44.4 Å². The van der Waals surface area contributed by atoms with Crippen LogP contribution in [0.5, 0.6) is 0 Å². The van der Waals surface area contributed by atoms with E-state index in [1.807, 2.05) is 19.1 Å². The summed E-state index contributed by atoms with van der Waals surface area (Å²) in [5, 5.41) is 0.984. The fourth-order valence-corrected chi connectivity index (χ4v) is 5.61. The highest BCUT2D eigenvalue weighted by Gasteiger charge is 2.49. The highest BCUT2D eigenvalue weighted by atomic mass is 32.2. The lowest BCUT2D eigenvalue weighted by Crippen LogP contribution is -2.55. The number of nitrogens with two attached hydrogens (primary N) is 1. The Morgan fingerprint density at radius 2 is 1.87 bits per heavy atom. The number of aliphatic imine (C=N–C) groups is 1. The second-order valence-corrected chi connectivity index (χ2v) is 11.4. The number of benzene rings is 1. The van der Waals surface area contributed by atoms with Crippen LogP contribution in [0.4, 0.5) is 4.39 Å². The van der Waals surface area contributed by atoms with Gasteiger partial charge in [-0.25, -0.2) is 12.8 Å². The average Bonchev–Trinajstić information content (AvgIpc) is 2.67. The summed E-state index contributed by atoms with van der Waals surface area (Å²) >= 11 is 0. The number of amidine groups is 1. The highest BCUT2D eigenvalue weighted by Crippen LogP contribution is 2.38. The number of hydrogen-bond acceptors (Lipinski definition) is 6. The van der Waals surface area contributed by atoms with Crippen molar-refractivity contribution in [1.82, 2.24) is 9.97 Å². The van der Waals surface area contributed by atoms with Crippen molar-refractivity contribution in [1.29, 1.82) is 0 Å². The maximum absolute atomic E-state index is 14.9. The molecule has 1 aliphatic heterocycles. The molecule has 3 heterocycles. The molecule has 0 spiro atoms. The minimum absolute atomic E-state index is 0.0126. The van der Waals surface area contributed by atoms with Crippen molar-refractivity contribution in [3.05, 3.63) is 70.9 Å². The maximum Gasteiger partial charge on any atom is 0.165 e. The predicted molar refractivity (Wildman–Crippen MR) is 120 cm³/mol. The Labute approximate surface area is 181 Å². The molecular weight excluding hydrogens is 415 g/mol. The molecule has 2 aromatic heterocycles. The van der Waals surface area contributed by atoms with E-state index in [0.29, 0.717) is 6.42 Å². The van der Waals surface area contributed by atoms with Gasteiger partial charge >= 0.3 is 0 Å². The van der Waals surface area contributed by atoms with Crippen LogP contribution in [-0.4, -0.2) is 34.7 Å². The maximum atomic E-state index is 14.9. The molecule has 31 heavy (non-hydrogen) atoms. The van der Waals surface area contributed by atoms with Gasteiger partial charge in [0, 0.05) is 29.8 Å². The number of hydrogen-bond donors (Lipinski definition) is 1. The van der Waals surface area contributed by atoms with E-state index >= 15 is 0 Å². The summed E-state index contributed by atoms with van der Waals surface area (Å²) < 4.78 is 39.3. The van der Waals surface area contributed by atoms with Crippen molar-refractivity contribution in [3.8, 4) is 0 Å². The van der Waals surface area contributed by atoms with E-state index in [2.05, 4.69) is 15.0 Å². The number of pyridine rings is 2. The number of aryl methyl sites for hydroxylation is 1. The number of sulfone groups is 1. The van der Waals surface area contributed by atoms with Crippen molar-refractivity contribution < 1.29 is 12.8 Å². The third-order valence-corrected chi connectivity index (χ3v) is 8.73. The van der Waals surface area contributed by atoms with E-state index in [4.69, 9.17) is 5.73 Å². The Morgan fingerprint density at radius 3 is 2.58 bits per heavy atom. The summed E-state index contributed by atoms with van der Waals surface area (Å²) in [7, 11) is -3.63. The van der Waals surface area contributed by atoms with Crippen molar-refractivity contribution >= 4 is 26.6 Å². The van der Waals surface area contributed by atoms with Crippen LogP contribution in [0.2, 0.25) is 0 Å². The molecule has 1 aliphatic rings. The summed E-state index contributed by atoms with van der Waals surface area (Å²) in [6, 6.07) is 8.62. The Morgan fingerprint density at radius 1 is 1.13 bits per heavy atom. The van der Waals surface area contributed by atoms with Crippen molar-refractivity contribution in [3.63, 3.8) is 0 Å². The van der Waals surface area contributed by atoms with E-state index < -0.39 is 25.9 Å². The smallest absolute Gasteiger partial charge is 0.165 e.